The van der Waals surface area contributed by atoms with Gasteiger partial charge in [0.1, 0.15) is 0 Å². The van der Waals surface area contributed by atoms with Crippen LogP contribution >= 0.6 is 0 Å². The van der Waals surface area contributed by atoms with Crippen LogP contribution < -0.4 is 0 Å². The number of hydrogen-bond donors (Lipinski definition) is 0. The molecule has 0 aromatic carbocycles. The first kappa shape index (κ1) is 11.7. The van der Waals surface area contributed by atoms with Gasteiger partial charge in [0.15, 0.2) is 0 Å². The fraction of sp³-hybridized carbons (Fsp3) is 0.818. The summed E-state index contributed by atoms with van der Waals surface area (Å²) in [5.74, 6) is 0.577. The molecule has 0 saturated heterocycles. The summed E-state index contributed by atoms with van der Waals surface area (Å²) in [6.07, 6.45) is 8.44. The van der Waals surface area contributed by atoms with Crippen molar-refractivity contribution in [3.05, 3.63) is 12.2 Å². The zero-order valence-electron chi connectivity index (χ0n) is 8.84. The molecule has 0 saturated carbocycles. The lowest BCUT2D eigenvalue weighted by atomic mass is 10.1. The van der Waals surface area contributed by atoms with Gasteiger partial charge in [0.25, 0.3) is 0 Å². The second kappa shape index (κ2) is 7.35. The monoisotopic (exact) mass is 170 g/mol. The van der Waals surface area contributed by atoms with Crippen molar-refractivity contribution < 1.29 is 4.74 Å². The molecule has 0 aliphatic heterocycles. The minimum atomic E-state index is 0.293. The second-order valence-corrected chi connectivity index (χ2v) is 3.51. The van der Waals surface area contributed by atoms with Crippen molar-refractivity contribution in [1.82, 2.24) is 0 Å². The minimum Gasteiger partial charge on any atom is -0.377 e. The molecule has 0 radical (unpaired) electrons. The van der Waals surface area contributed by atoms with E-state index in [1.807, 2.05) is 0 Å². The Labute approximate surface area is 76.8 Å². The Bertz CT molecular complexity index is 116. The first-order valence-corrected chi connectivity index (χ1v) is 4.91. The topological polar surface area (TPSA) is 9.23 Å². The van der Waals surface area contributed by atoms with Gasteiger partial charge >= 0.3 is 0 Å². The van der Waals surface area contributed by atoms with Gasteiger partial charge in [-0.05, 0) is 12.3 Å². The molecular weight excluding hydrogens is 148 g/mol. The Balaban J connectivity index is 3.61. The minimum absolute atomic E-state index is 0.293. The van der Waals surface area contributed by atoms with Crippen LogP contribution in [0.5, 0.6) is 0 Å². The van der Waals surface area contributed by atoms with Crippen molar-refractivity contribution in [3.63, 3.8) is 0 Å². The summed E-state index contributed by atoms with van der Waals surface area (Å²) in [5, 5.41) is 0. The third-order valence-corrected chi connectivity index (χ3v) is 1.98. The third kappa shape index (κ3) is 5.36. The number of methoxy groups -OCH3 is 1. The average Bonchev–Trinajstić information content (AvgIpc) is 2.04. The highest BCUT2D eigenvalue weighted by Gasteiger charge is 2.06. The highest BCUT2D eigenvalue weighted by atomic mass is 16.5. The highest BCUT2D eigenvalue weighted by Crippen LogP contribution is 2.07. The first-order valence-electron chi connectivity index (χ1n) is 4.91. The van der Waals surface area contributed by atoms with Crippen molar-refractivity contribution in [2.75, 3.05) is 7.11 Å². The second-order valence-electron chi connectivity index (χ2n) is 3.51. The molecule has 0 aliphatic rings. The van der Waals surface area contributed by atoms with Gasteiger partial charge in [-0.15, -0.1) is 0 Å². The van der Waals surface area contributed by atoms with Crippen molar-refractivity contribution in [3.8, 4) is 0 Å². The highest BCUT2D eigenvalue weighted by molar-refractivity contribution is 4.90. The molecule has 0 aliphatic carbocycles. The maximum Gasteiger partial charge on any atom is 0.0774 e. The van der Waals surface area contributed by atoms with E-state index in [1.165, 1.54) is 19.3 Å². The molecule has 0 aromatic rings. The molecular formula is C11H22O. The van der Waals surface area contributed by atoms with E-state index in [0.29, 0.717) is 12.0 Å². The van der Waals surface area contributed by atoms with Crippen LogP contribution in [0.3, 0.4) is 0 Å². The smallest absolute Gasteiger partial charge is 0.0774 e. The third-order valence-electron chi connectivity index (χ3n) is 1.98. The quantitative estimate of drug-likeness (QED) is 0.438. The summed E-state index contributed by atoms with van der Waals surface area (Å²) in [7, 11) is 1.77. The van der Waals surface area contributed by atoms with Gasteiger partial charge in [-0.1, -0.05) is 45.8 Å². The molecule has 0 unspecified atom stereocenters. The maximum atomic E-state index is 5.31. The Morgan fingerprint density at radius 2 is 2.00 bits per heavy atom. The fourth-order valence-electron chi connectivity index (χ4n) is 1.13. The summed E-state index contributed by atoms with van der Waals surface area (Å²) in [5.41, 5.74) is 0. The first-order chi connectivity index (χ1) is 5.72. The molecule has 0 rings (SSSR count). The van der Waals surface area contributed by atoms with Crippen LogP contribution in [0, 0.1) is 5.92 Å². The van der Waals surface area contributed by atoms with Gasteiger partial charge in [-0.3, -0.25) is 0 Å². The molecule has 0 bridgehead atoms. The van der Waals surface area contributed by atoms with Crippen LogP contribution in [0.4, 0.5) is 0 Å². The van der Waals surface area contributed by atoms with E-state index in [-0.39, 0.29) is 0 Å². The molecule has 72 valence electrons. The summed E-state index contributed by atoms with van der Waals surface area (Å²) in [6.45, 7) is 6.57. The molecule has 1 heteroatoms. The van der Waals surface area contributed by atoms with E-state index in [1.54, 1.807) is 7.11 Å². The molecule has 0 N–H and O–H groups in total. The molecule has 12 heavy (non-hydrogen) atoms. The van der Waals surface area contributed by atoms with Crippen LogP contribution in [0.25, 0.3) is 0 Å². The SMILES string of the molecule is CCCC/C=C/[C@H](OC)C(C)C. The Kier molecular flexibility index (Phi) is 7.17. The molecule has 0 amide bonds. The zero-order valence-corrected chi connectivity index (χ0v) is 8.84. The predicted molar refractivity (Wildman–Crippen MR) is 54.3 cm³/mol. The van der Waals surface area contributed by atoms with Gasteiger partial charge in [0.05, 0.1) is 6.10 Å². The van der Waals surface area contributed by atoms with Crippen molar-refractivity contribution in [2.24, 2.45) is 5.92 Å². The number of allylic oxidation sites excluding steroid dienone is 1. The van der Waals surface area contributed by atoms with E-state index in [2.05, 4.69) is 32.9 Å². The van der Waals surface area contributed by atoms with Crippen molar-refractivity contribution in [1.29, 1.82) is 0 Å². The van der Waals surface area contributed by atoms with Gasteiger partial charge in [0, 0.05) is 7.11 Å². The van der Waals surface area contributed by atoms with Crippen LogP contribution in [-0.2, 0) is 4.74 Å². The average molecular weight is 170 g/mol. The summed E-state index contributed by atoms with van der Waals surface area (Å²) >= 11 is 0. The summed E-state index contributed by atoms with van der Waals surface area (Å²) < 4.78 is 5.31. The number of hydrogen-bond acceptors (Lipinski definition) is 1. The van der Waals surface area contributed by atoms with Crippen molar-refractivity contribution in [2.45, 2.75) is 46.1 Å². The zero-order chi connectivity index (χ0) is 9.40. The number of unbranched alkanes of at least 4 members (excludes halogenated alkanes) is 2. The normalized spacial score (nSPS) is 14.4. The van der Waals surface area contributed by atoms with Gasteiger partial charge in [-0.25, -0.2) is 0 Å². The van der Waals surface area contributed by atoms with Crippen LogP contribution in [0.15, 0.2) is 12.2 Å². The van der Waals surface area contributed by atoms with E-state index in [0.717, 1.165) is 0 Å². The molecule has 0 heterocycles. The number of ether oxygens (including phenoxy) is 1. The van der Waals surface area contributed by atoms with E-state index < -0.39 is 0 Å². The van der Waals surface area contributed by atoms with Gasteiger partial charge in [-0.2, -0.15) is 0 Å². The Hall–Kier alpha value is -0.300. The lowest BCUT2D eigenvalue weighted by Gasteiger charge is -2.14. The lowest BCUT2D eigenvalue weighted by molar-refractivity contribution is 0.103. The molecule has 0 aromatic heterocycles. The van der Waals surface area contributed by atoms with Crippen LogP contribution in [0.1, 0.15) is 40.0 Å². The molecule has 0 spiro atoms. The van der Waals surface area contributed by atoms with Gasteiger partial charge in [0.2, 0.25) is 0 Å². The van der Waals surface area contributed by atoms with Crippen LogP contribution in [0.2, 0.25) is 0 Å². The summed E-state index contributed by atoms with van der Waals surface area (Å²) in [4.78, 5) is 0. The molecule has 1 nitrogen and oxygen atoms in total. The fourth-order valence-corrected chi connectivity index (χ4v) is 1.13. The van der Waals surface area contributed by atoms with Gasteiger partial charge < -0.3 is 4.74 Å². The van der Waals surface area contributed by atoms with E-state index >= 15 is 0 Å². The lowest BCUT2D eigenvalue weighted by Crippen LogP contribution is -2.14. The standard InChI is InChI=1S/C11H22O/c1-5-6-7-8-9-11(12-4)10(2)3/h8-11H,5-7H2,1-4H3/b9-8+/t11-/m0/s1. The maximum absolute atomic E-state index is 5.31. The van der Waals surface area contributed by atoms with E-state index in [9.17, 15) is 0 Å². The Morgan fingerprint density at radius 1 is 1.33 bits per heavy atom. The summed E-state index contributed by atoms with van der Waals surface area (Å²) in [6, 6.07) is 0. The van der Waals surface area contributed by atoms with Crippen molar-refractivity contribution >= 4 is 0 Å². The number of rotatable bonds is 6. The predicted octanol–water partition coefficient (Wildman–Crippen LogP) is 3.40. The van der Waals surface area contributed by atoms with Crippen LogP contribution in [-0.4, -0.2) is 13.2 Å². The molecule has 1 atom stereocenters. The Morgan fingerprint density at radius 3 is 2.42 bits per heavy atom. The largest absolute Gasteiger partial charge is 0.377 e. The molecule has 0 fully saturated rings. The van der Waals surface area contributed by atoms with E-state index in [4.69, 9.17) is 4.74 Å².